The molecule has 0 aromatic rings. The largest absolute Gasteiger partial charge is 0.469 e. The number of amides is 2. The lowest BCUT2D eigenvalue weighted by molar-refractivity contribution is -0.141. The number of methoxy groups -OCH3 is 1. The third-order valence-corrected chi connectivity index (χ3v) is 6.07. The van der Waals surface area contributed by atoms with E-state index in [1.807, 2.05) is 6.92 Å². The van der Waals surface area contributed by atoms with Gasteiger partial charge in [-0.3, -0.25) is 24.3 Å². The van der Waals surface area contributed by atoms with E-state index in [9.17, 15) is 14.4 Å². The first-order chi connectivity index (χ1) is 14.1. The number of hydrogen-bond donors (Lipinski definition) is 2. The van der Waals surface area contributed by atoms with Crippen molar-refractivity contribution < 1.29 is 19.1 Å². The van der Waals surface area contributed by atoms with E-state index < -0.39 is 0 Å². The number of allylic oxidation sites excluding steroid dienone is 2. The summed E-state index contributed by atoms with van der Waals surface area (Å²) >= 11 is 0. The molecule has 3 rings (SSSR count). The molecule has 168 valence electrons. The van der Waals surface area contributed by atoms with Gasteiger partial charge in [-0.1, -0.05) is 18.6 Å². The van der Waals surface area contributed by atoms with Crippen LogP contribution in [0.4, 0.5) is 0 Å². The molecule has 0 aromatic heterocycles. The zero-order valence-electron chi connectivity index (χ0n) is 17.8. The summed E-state index contributed by atoms with van der Waals surface area (Å²) in [5, 5.41) is 6.39. The summed E-state index contributed by atoms with van der Waals surface area (Å²) < 4.78 is 4.63. The Balaban J connectivity index is 0.00000320. The van der Waals surface area contributed by atoms with Crippen LogP contribution in [0.2, 0.25) is 0 Å². The van der Waals surface area contributed by atoms with Crippen molar-refractivity contribution in [3.8, 4) is 0 Å². The molecule has 2 fully saturated rings. The number of imide groups is 1. The molecule has 1 saturated carbocycles. The van der Waals surface area contributed by atoms with Gasteiger partial charge in [0.15, 0.2) is 5.96 Å². The van der Waals surface area contributed by atoms with E-state index in [4.69, 9.17) is 0 Å². The monoisotopic (exact) mass is 532 g/mol. The van der Waals surface area contributed by atoms with Crippen molar-refractivity contribution in [3.63, 3.8) is 0 Å². The van der Waals surface area contributed by atoms with Crippen LogP contribution in [0.15, 0.2) is 17.1 Å². The number of halogens is 1. The Morgan fingerprint density at radius 3 is 2.40 bits per heavy atom. The molecule has 1 saturated heterocycles. The number of likely N-dealkylation sites (tertiary alicyclic amines) is 1. The molecule has 3 aliphatic rings. The molecule has 2 aliphatic carbocycles. The predicted octanol–water partition coefficient (Wildman–Crippen LogP) is 1.70. The maximum absolute atomic E-state index is 12.7. The summed E-state index contributed by atoms with van der Waals surface area (Å²) in [4.78, 5) is 42.4. The smallest absolute Gasteiger partial charge is 0.305 e. The zero-order chi connectivity index (χ0) is 20.8. The van der Waals surface area contributed by atoms with Crippen molar-refractivity contribution in [2.75, 3.05) is 33.3 Å². The van der Waals surface area contributed by atoms with Gasteiger partial charge >= 0.3 is 5.97 Å². The highest BCUT2D eigenvalue weighted by Gasteiger charge is 2.58. The number of carbonyl (C=O) groups excluding carboxylic acids is 3. The van der Waals surface area contributed by atoms with Crippen LogP contribution in [0.5, 0.6) is 0 Å². The molecule has 8 nitrogen and oxygen atoms in total. The van der Waals surface area contributed by atoms with Crippen molar-refractivity contribution in [1.82, 2.24) is 15.5 Å². The fraction of sp³-hybridized carbons (Fsp3) is 0.714. The van der Waals surface area contributed by atoms with Crippen LogP contribution in [0.25, 0.3) is 0 Å². The molecule has 0 aromatic carbocycles. The summed E-state index contributed by atoms with van der Waals surface area (Å²) in [5.41, 5.74) is 0. The number of nitrogens with zero attached hydrogens (tertiary/aromatic N) is 2. The van der Waals surface area contributed by atoms with E-state index in [-0.39, 0.29) is 65.4 Å². The molecule has 0 radical (unpaired) electrons. The van der Waals surface area contributed by atoms with E-state index in [2.05, 4.69) is 32.5 Å². The number of aliphatic imine (C=N–C) groups is 1. The van der Waals surface area contributed by atoms with E-state index in [0.29, 0.717) is 32.0 Å². The molecule has 1 heterocycles. The van der Waals surface area contributed by atoms with Crippen molar-refractivity contribution in [2.45, 2.75) is 39.0 Å². The summed E-state index contributed by atoms with van der Waals surface area (Å²) in [5.74, 6) is 0.713. The SMILES string of the molecule is CCNC(=NCCCCCC(=O)OC)NCCN1C(=O)C2C3C=CC(C3)C2C1=O.I. The minimum atomic E-state index is -0.178. The number of ether oxygens (including phenoxy) is 1. The van der Waals surface area contributed by atoms with Gasteiger partial charge in [-0.25, -0.2) is 0 Å². The predicted molar refractivity (Wildman–Crippen MR) is 124 cm³/mol. The molecule has 1 aliphatic heterocycles. The zero-order valence-corrected chi connectivity index (χ0v) is 20.1. The molecule has 9 heteroatoms. The Morgan fingerprint density at radius 2 is 1.80 bits per heavy atom. The molecule has 2 bridgehead atoms. The highest BCUT2D eigenvalue weighted by atomic mass is 127. The minimum absolute atomic E-state index is 0. The molecule has 2 amide bonds. The molecule has 30 heavy (non-hydrogen) atoms. The van der Waals surface area contributed by atoms with E-state index >= 15 is 0 Å². The minimum Gasteiger partial charge on any atom is -0.469 e. The third-order valence-electron chi connectivity index (χ3n) is 6.07. The lowest BCUT2D eigenvalue weighted by atomic mass is 9.85. The standard InChI is InChI=1S/C21H32N4O4.HI/c1-3-22-21(23-10-6-4-5-7-16(26)29-2)24-11-12-25-19(27)17-14-8-9-15(13-14)18(17)20(25)28;/h8-9,14-15,17-18H,3-7,10-13H2,1-2H3,(H2,22,23,24);1H. The van der Waals surface area contributed by atoms with Crippen molar-refractivity contribution in [3.05, 3.63) is 12.2 Å². The molecule has 0 spiro atoms. The second-order valence-corrected chi connectivity index (χ2v) is 7.90. The normalized spacial score (nSPS) is 26.6. The van der Waals surface area contributed by atoms with Crippen LogP contribution in [0.1, 0.15) is 39.0 Å². The number of esters is 1. The van der Waals surface area contributed by atoms with Gasteiger partial charge < -0.3 is 15.4 Å². The number of fused-ring (bicyclic) bond motifs is 5. The van der Waals surface area contributed by atoms with Crippen LogP contribution in [-0.2, 0) is 19.1 Å². The number of rotatable bonds is 10. The lowest BCUT2D eigenvalue weighted by Gasteiger charge is -2.18. The van der Waals surface area contributed by atoms with Gasteiger partial charge in [-0.05, 0) is 38.0 Å². The molecular weight excluding hydrogens is 499 g/mol. The van der Waals surface area contributed by atoms with Crippen molar-refractivity contribution >= 4 is 47.7 Å². The molecule has 4 unspecified atom stereocenters. The van der Waals surface area contributed by atoms with Gasteiger partial charge in [0.25, 0.3) is 0 Å². The first-order valence-electron chi connectivity index (χ1n) is 10.7. The Labute approximate surface area is 195 Å². The average Bonchev–Trinajstić information content (AvgIpc) is 3.39. The number of hydrogen-bond acceptors (Lipinski definition) is 5. The Morgan fingerprint density at radius 1 is 1.13 bits per heavy atom. The Bertz CT molecular complexity index is 666. The quantitative estimate of drug-likeness (QED) is 0.0846. The van der Waals surface area contributed by atoms with Gasteiger partial charge in [-0.2, -0.15) is 0 Å². The van der Waals surface area contributed by atoms with Gasteiger partial charge in [0.2, 0.25) is 11.8 Å². The van der Waals surface area contributed by atoms with Crippen LogP contribution in [-0.4, -0.2) is 61.9 Å². The molecule has 2 N–H and O–H groups in total. The first kappa shape index (κ1) is 24.6. The summed E-state index contributed by atoms with van der Waals surface area (Å²) in [6.45, 7) is 4.22. The van der Waals surface area contributed by atoms with E-state index in [1.54, 1.807) is 0 Å². The molecular formula is C21H33IN4O4. The van der Waals surface area contributed by atoms with E-state index in [0.717, 1.165) is 32.2 Å². The fourth-order valence-corrected chi connectivity index (χ4v) is 4.66. The number of unbranched alkanes of at least 4 members (excludes halogenated alkanes) is 2. The maximum atomic E-state index is 12.7. The van der Waals surface area contributed by atoms with Gasteiger partial charge in [0.05, 0.1) is 18.9 Å². The second kappa shape index (κ2) is 11.7. The van der Waals surface area contributed by atoms with Gasteiger partial charge in [-0.15, -0.1) is 24.0 Å². The highest BCUT2D eigenvalue weighted by Crippen LogP contribution is 2.52. The summed E-state index contributed by atoms with van der Waals surface area (Å²) in [7, 11) is 1.40. The van der Waals surface area contributed by atoms with Crippen molar-refractivity contribution in [1.29, 1.82) is 0 Å². The van der Waals surface area contributed by atoms with E-state index in [1.165, 1.54) is 12.0 Å². The summed E-state index contributed by atoms with van der Waals surface area (Å²) in [6, 6.07) is 0. The van der Waals surface area contributed by atoms with Crippen LogP contribution in [0.3, 0.4) is 0 Å². The lowest BCUT2D eigenvalue weighted by Crippen LogP contribution is -2.43. The highest BCUT2D eigenvalue weighted by molar-refractivity contribution is 14.0. The number of carbonyl (C=O) groups is 3. The number of nitrogens with one attached hydrogen (secondary N) is 2. The van der Waals surface area contributed by atoms with Gasteiger partial charge in [0, 0.05) is 32.6 Å². The van der Waals surface area contributed by atoms with Crippen LogP contribution < -0.4 is 10.6 Å². The van der Waals surface area contributed by atoms with Crippen molar-refractivity contribution in [2.24, 2.45) is 28.7 Å². The average molecular weight is 532 g/mol. The second-order valence-electron chi connectivity index (χ2n) is 7.90. The summed E-state index contributed by atoms with van der Waals surface area (Å²) in [6.07, 6.45) is 8.21. The Kier molecular flexibility index (Phi) is 9.57. The number of guanidine groups is 1. The topological polar surface area (TPSA) is 100 Å². The fourth-order valence-electron chi connectivity index (χ4n) is 4.66. The molecule has 4 atom stereocenters. The third kappa shape index (κ3) is 5.53. The van der Waals surface area contributed by atoms with Crippen LogP contribution in [0, 0.1) is 23.7 Å². The first-order valence-corrected chi connectivity index (χ1v) is 10.7. The maximum Gasteiger partial charge on any atom is 0.305 e. The Hall–Kier alpha value is -1.65. The van der Waals surface area contributed by atoms with Crippen LogP contribution >= 0.6 is 24.0 Å². The van der Waals surface area contributed by atoms with Gasteiger partial charge in [0.1, 0.15) is 0 Å².